The molecule has 1 fully saturated rings. The van der Waals surface area contributed by atoms with Crippen LogP contribution in [-0.4, -0.2) is 41.5 Å². The molecule has 1 aliphatic heterocycles. The quantitative estimate of drug-likeness (QED) is 0.688. The van der Waals surface area contributed by atoms with Crippen molar-refractivity contribution in [2.75, 3.05) is 31.2 Å². The van der Waals surface area contributed by atoms with Gasteiger partial charge in [-0.1, -0.05) is 11.6 Å². The van der Waals surface area contributed by atoms with Crippen LogP contribution in [0.15, 0.2) is 0 Å². The molecule has 0 amide bonds. The maximum atomic E-state index is 5.86. The Morgan fingerprint density at radius 1 is 1.29 bits per heavy atom. The van der Waals surface area contributed by atoms with E-state index >= 15 is 0 Å². The van der Waals surface area contributed by atoms with E-state index < -0.39 is 0 Å². The highest BCUT2D eigenvalue weighted by Gasteiger charge is 2.14. The van der Waals surface area contributed by atoms with E-state index in [-0.39, 0.29) is 0 Å². The number of hydrogen-bond donors (Lipinski definition) is 0. The lowest BCUT2D eigenvalue weighted by Crippen LogP contribution is -2.37. The molecular weight excluding hydrogens is 204 g/mol. The standard InChI is InChI=1S/C8H11ClN4O/c1-6-7(9)10-8(12-11-6)13-2-4-14-5-3-13/h2-5H2,1H3. The Morgan fingerprint density at radius 3 is 2.64 bits per heavy atom. The van der Waals surface area contributed by atoms with E-state index in [0.717, 1.165) is 13.1 Å². The summed E-state index contributed by atoms with van der Waals surface area (Å²) in [5, 5.41) is 8.33. The number of aromatic nitrogens is 3. The predicted molar refractivity (Wildman–Crippen MR) is 52.6 cm³/mol. The van der Waals surface area contributed by atoms with Crippen LogP contribution in [0.5, 0.6) is 0 Å². The molecule has 2 rings (SSSR count). The van der Waals surface area contributed by atoms with E-state index in [1.807, 2.05) is 4.90 Å². The van der Waals surface area contributed by atoms with Crippen molar-refractivity contribution >= 4 is 17.5 Å². The first-order valence-corrected chi connectivity index (χ1v) is 4.84. The van der Waals surface area contributed by atoms with E-state index in [0.29, 0.717) is 30.0 Å². The Kier molecular flexibility index (Phi) is 2.79. The van der Waals surface area contributed by atoms with Gasteiger partial charge in [-0.3, -0.25) is 0 Å². The molecule has 0 bridgehead atoms. The average molecular weight is 215 g/mol. The van der Waals surface area contributed by atoms with E-state index in [1.54, 1.807) is 6.92 Å². The highest BCUT2D eigenvalue weighted by Crippen LogP contribution is 2.13. The van der Waals surface area contributed by atoms with Crippen LogP contribution >= 0.6 is 11.6 Å². The zero-order chi connectivity index (χ0) is 9.97. The number of anilines is 1. The molecule has 0 N–H and O–H groups in total. The minimum absolute atomic E-state index is 0.418. The van der Waals surface area contributed by atoms with E-state index in [4.69, 9.17) is 16.3 Å². The summed E-state index contributed by atoms with van der Waals surface area (Å²) in [6.07, 6.45) is 0. The minimum Gasteiger partial charge on any atom is -0.378 e. The van der Waals surface area contributed by atoms with Crippen LogP contribution in [0, 0.1) is 6.92 Å². The highest BCUT2D eigenvalue weighted by atomic mass is 35.5. The number of halogens is 1. The summed E-state index contributed by atoms with van der Waals surface area (Å²) in [7, 11) is 0. The maximum absolute atomic E-state index is 5.86. The fraction of sp³-hybridized carbons (Fsp3) is 0.625. The van der Waals surface area contributed by atoms with Crippen molar-refractivity contribution in [1.82, 2.24) is 15.2 Å². The summed E-state index contributed by atoms with van der Waals surface area (Å²) in [5.74, 6) is 0.587. The fourth-order valence-electron chi connectivity index (χ4n) is 1.25. The first kappa shape index (κ1) is 9.61. The SMILES string of the molecule is Cc1nnc(N2CCOCC2)nc1Cl. The zero-order valence-corrected chi connectivity index (χ0v) is 8.66. The zero-order valence-electron chi connectivity index (χ0n) is 7.90. The lowest BCUT2D eigenvalue weighted by Gasteiger charge is -2.26. The highest BCUT2D eigenvalue weighted by molar-refractivity contribution is 6.30. The number of morpholine rings is 1. The maximum Gasteiger partial charge on any atom is 0.246 e. The van der Waals surface area contributed by atoms with Crippen LogP contribution in [0.3, 0.4) is 0 Å². The smallest absolute Gasteiger partial charge is 0.246 e. The average Bonchev–Trinajstić information content (AvgIpc) is 2.23. The summed E-state index contributed by atoms with van der Waals surface area (Å²) >= 11 is 5.86. The molecule has 0 radical (unpaired) electrons. The molecule has 0 saturated carbocycles. The van der Waals surface area contributed by atoms with Gasteiger partial charge in [0.1, 0.15) is 0 Å². The number of hydrogen-bond acceptors (Lipinski definition) is 5. The van der Waals surface area contributed by atoms with Crippen LogP contribution in [-0.2, 0) is 4.74 Å². The van der Waals surface area contributed by atoms with Gasteiger partial charge < -0.3 is 9.64 Å². The Morgan fingerprint density at radius 2 is 2.00 bits per heavy atom. The Labute approximate surface area is 87.1 Å². The molecule has 0 aliphatic carbocycles. The summed E-state index contributed by atoms with van der Waals surface area (Å²) in [6.45, 7) is 4.78. The molecule has 0 atom stereocenters. The third kappa shape index (κ3) is 1.93. The lowest BCUT2D eigenvalue weighted by atomic mass is 10.4. The number of ether oxygens (including phenoxy) is 1. The van der Waals surface area contributed by atoms with Gasteiger partial charge in [-0.15, -0.1) is 10.2 Å². The Hall–Kier alpha value is -0.940. The molecule has 1 aliphatic rings. The number of rotatable bonds is 1. The molecule has 1 aromatic rings. The summed E-state index contributed by atoms with van der Waals surface area (Å²) < 4.78 is 5.22. The van der Waals surface area contributed by atoms with Gasteiger partial charge in [0.25, 0.3) is 0 Å². The largest absolute Gasteiger partial charge is 0.378 e. The topological polar surface area (TPSA) is 51.1 Å². The fourth-order valence-corrected chi connectivity index (χ4v) is 1.36. The van der Waals surface area contributed by atoms with Gasteiger partial charge in [0.05, 0.1) is 18.9 Å². The van der Waals surface area contributed by atoms with Crippen LogP contribution in [0.1, 0.15) is 5.69 Å². The van der Waals surface area contributed by atoms with Gasteiger partial charge in [0.15, 0.2) is 5.15 Å². The van der Waals surface area contributed by atoms with Crippen molar-refractivity contribution in [3.05, 3.63) is 10.8 Å². The normalized spacial score (nSPS) is 17.1. The molecule has 6 heteroatoms. The third-order valence-electron chi connectivity index (χ3n) is 2.08. The molecular formula is C8H11ClN4O. The molecule has 0 spiro atoms. The van der Waals surface area contributed by atoms with Crippen molar-refractivity contribution in [2.45, 2.75) is 6.92 Å². The number of nitrogens with zero attached hydrogens (tertiary/aromatic N) is 4. The molecule has 2 heterocycles. The van der Waals surface area contributed by atoms with Crippen LogP contribution in [0.4, 0.5) is 5.95 Å². The third-order valence-corrected chi connectivity index (χ3v) is 2.44. The molecule has 14 heavy (non-hydrogen) atoms. The van der Waals surface area contributed by atoms with Gasteiger partial charge in [0, 0.05) is 13.1 Å². The predicted octanol–water partition coefficient (Wildman–Crippen LogP) is 0.670. The van der Waals surface area contributed by atoms with Crippen molar-refractivity contribution in [1.29, 1.82) is 0 Å². The minimum atomic E-state index is 0.418. The second kappa shape index (κ2) is 4.06. The lowest BCUT2D eigenvalue weighted by molar-refractivity contribution is 0.122. The molecule has 76 valence electrons. The van der Waals surface area contributed by atoms with Gasteiger partial charge in [0.2, 0.25) is 5.95 Å². The van der Waals surface area contributed by atoms with Crippen LogP contribution in [0.25, 0.3) is 0 Å². The Bertz CT molecular complexity index is 327. The molecule has 0 unspecified atom stereocenters. The van der Waals surface area contributed by atoms with Crippen LogP contribution < -0.4 is 4.90 Å². The summed E-state index contributed by atoms with van der Waals surface area (Å²) in [4.78, 5) is 6.17. The van der Waals surface area contributed by atoms with Gasteiger partial charge in [-0.2, -0.15) is 4.98 Å². The molecule has 0 aromatic carbocycles. The monoisotopic (exact) mass is 214 g/mol. The van der Waals surface area contributed by atoms with Gasteiger partial charge in [-0.25, -0.2) is 0 Å². The molecule has 1 saturated heterocycles. The Balaban J connectivity index is 2.18. The van der Waals surface area contributed by atoms with Gasteiger partial charge >= 0.3 is 0 Å². The van der Waals surface area contributed by atoms with Crippen LogP contribution in [0.2, 0.25) is 5.15 Å². The number of aryl methyl sites for hydroxylation is 1. The molecule has 5 nitrogen and oxygen atoms in total. The summed E-state index contributed by atoms with van der Waals surface area (Å²) in [6, 6.07) is 0. The van der Waals surface area contributed by atoms with E-state index in [1.165, 1.54) is 0 Å². The second-order valence-electron chi connectivity index (χ2n) is 3.09. The second-order valence-corrected chi connectivity index (χ2v) is 3.45. The summed E-state index contributed by atoms with van der Waals surface area (Å²) in [5.41, 5.74) is 0.656. The van der Waals surface area contributed by atoms with E-state index in [2.05, 4.69) is 15.2 Å². The van der Waals surface area contributed by atoms with Crippen molar-refractivity contribution in [2.24, 2.45) is 0 Å². The van der Waals surface area contributed by atoms with Crippen molar-refractivity contribution in [3.63, 3.8) is 0 Å². The first-order chi connectivity index (χ1) is 6.77. The van der Waals surface area contributed by atoms with Crippen molar-refractivity contribution in [3.8, 4) is 0 Å². The van der Waals surface area contributed by atoms with E-state index in [9.17, 15) is 0 Å². The molecule has 1 aromatic heterocycles. The van der Waals surface area contributed by atoms with Gasteiger partial charge in [-0.05, 0) is 6.92 Å². The van der Waals surface area contributed by atoms with Crippen molar-refractivity contribution < 1.29 is 4.74 Å². The first-order valence-electron chi connectivity index (χ1n) is 4.47.